The molecule has 0 amide bonds. The van der Waals surface area contributed by atoms with Crippen LogP contribution in [0.15, 0.2) is 61.9 Å². The van der Waals surface area contributed by atoms with Gasteiger partial charge in [0.25, 0.3) is 0 Å². The molecule has 2 aliphatic heterocycles. The number of allylic oxidation sites excluding steroid dienone is 5. The fourth-order valence-electron chi connectivity index (χ4n) is 5.13. The smallest absolute Gasteiger partial charge is 0.363 e. The molecule has 1 saturated carbocycles. The molecule has 5 nitrogen and oxygen atoms in total. The van der Waals surface area contributed by atoms with Crippen molar-refractivity contribution in [3.63, 3.8) is 0 Å². The summed E-state index contributed by atoms with van der Waals surface area (Å²) in [5.41, 5.74) is 6.33. The highest BCUT2D eigenvalue weighted by Gasteiger charge is 2.45. The minimum Gasteiger partial charge on any atom is -0.500 e. The highest BCUT2D eigenvalue weighted by molar-refractivity contribution is 8.19. The summed E-state index contributed by atoms with van der Waals surface area (Å²) in [5.74, 6) is 1.23. The number of thioether (sulfide) groups is 1. The number of carbonyl (C=O) groups excluding carboxylic acids is 1. The van der Waals surface area contributed by atoms with Crippen molar-refractivity contribution in [3.05, 3.63) is 56.9 Å². The Balaban J connectivity index is 1.64. The van der Waals surface area contributed by atoms with Crippen LogP contribution in [0.5, 0.6) is 0 Å². The van der Waals surface area contributed by atoms with Crippen LogP contribution in [0, 0.1) is 11.8 Å². The Bertz CT molecular complexity index is 944. The van der Waals surface area contributed by atoms with Crippen LogP contribution >= 0.6 is 11.8 Å². The molecule has 2 heterocycles. The van der Waals surface area contributed by atoms with Crippen LogP contribution in [0.4, 0.5) is 0 Å². The maximum absolute atomic E-state index is 12.2. The van der Waals surface area contributed by atoms with Gasteiger partial charge >= 0.3 is 5.97 Å². The number of esters is 1. The Morgan fingerprint density at radius 2 is 2.00 bits per heavy atom. The molecule has 0 bridgehead atoms. The van der Waals surface area contributed by atoms with Crippen molar-refractivity contribution in [1.29, 1.82) is 0 Å². The zero-order chi connectivity index (χ0) is 20.0. The minimum absolute atomic E-state index is 0.0971. The number of aliphatic imine (C=N–C) groups is 1. The summed E-state index contributed by atoms with van der Waals surface area (Å²) < 4.78 is 16.7. The summed E-state index contributed by atoms with van der Waals surface area (Å²) in [5, 5.41) is 0.427. The van der Waals surface area contributed by atoms with Crippen LogP contribution in [0.2, 0.25) is 0 Å². The summed E-state index contributed by atoms with van der Waals surface area (Å²) in [6, 6.07) is 0. The Labute approximate surface area is 175 Å². The van der Waals surface area contributed by atoms with Crippen LogP contribution in [0.25, 0.3) is 0 Å². The van der Waals surface area contributed by atoms with Crippen molar-refractivity contribution in [3.8, 4) is 0 Å². The highest BCUT2D eigenvalue weighted by Crippen LogP contribution is 2.57. The fourth-order valence-corrected chi connectivity index (χ4v) is 6.22. The Hall–Kier alpha value is -2.21. The van der Waals surface area contributed by atoms with E-state index < -0.39 is 0 Å². The second-order valence-electron chi connectivity index (χ2n) is 7.98. The first-order valence-electron chi connectivity index (χ1n) is 10.3. The highest BCUT2D eigenvalue weighted by atomic mass is 32.2. The van der Waals surface area contributed by atoms with Crippen molar-refractivity contribution in [2.45, 2.75) is 32.1 Å². The molecule has 1 atom stereocenters. The van der Waals surface area contributed by atoms with E-state index in [1.165, 1.54) is 67.7 Å². The van der Waals surface area contributed by atoms with Crippen LogP contribution in [-0.4, -0.2) is 38.4 Å². The lowest BCUT2D eigenvalue weighted by atomic mass is 9.80. The van der Waals surface area contributed by atoms with Gasteiger partial charge in [-0.25, -0.2) is 4.79 Å². The number of ether oxygens (including phenoxy) is 3. The van der Waals surface area contributed by atoms with E-state index in [1.807, 2.05) is 6.26 Å². The number of fused-ring (bicyclic) bond motifs is 4. The van der Waals surface area contributed by atoms with Crippen molar-refractivity contribution >= 4 is 22.8 Å². The predicted octanol–water partition coefficient (Wildman–Crippen LogP) is 4.45. The molecular formula is C23H25NO4S. The molecular weight excluding hydrogens is 386 g/mol. The molecule has 1 unspecified atom stereocenters. The maximum Gasteiger partial charge on any atom is 0.363 e. The molecule has 1 fully saturated rings. The fraction of sp³-hybridized carbons (Fsp3) is 0.478. The molecule has 152 valence electrons. The lowest BCUT2D eigenvalue weighted by Crippen LogP contribution is -2.19. The van der Waals surface area contributed by atoms with Crippen molar-refractivity contribution in [1.82, 2.24) is 0 Å². The number of hydrogen-bond acceptors (Lipinski definition) is 6. The minimum atomic E-state index is -0.369. The molecule has 0 saturated heterocycles. The number of hydrogen-bond donors (Lipinski definition) is 0. The first kappa shape index (κ1) is 18.8. The molecule has 5 rings (SSSR count). The summed E-state index contributed by atoms with van der Waals surface area (Å²) in [6.45, 7) is 0.981. The zero-order valence-corrected chi connectivity index (χ0v) is 17.6. The molecule has 0 aromatic rings. The van der Waals surface area contributed by atoms with Crippen LogP contribution in [0.1, 0.15) is 32.1 Å². The van der Waals surface area contributed by atoms with Gasteiger partial charge in [0.15, 0.2) is 5.04 Å². The third-order valence-corrected chi connectivity index (χ3v) is 7.63. The standard InChI is InChI=1S/C23H25NO4S/c1-26-17-9-8-15-18(13-6-4-3-5-7-13)20-16(19(15)17)12-28-11-14-10-24-22(23(25)27-2)29-21(14)20/h8-9,12-13,19H,3-7,10-11H2,1-2H3. The predicted molar refractivity (Wildman–Crippen MR) is 113 cm³/mol. The summed E-state index contributed by atoms with van der Waals surface area (Å²) >= 11 is 1.44. The van der Waals surface area contributed by atoms with Gasteiger partial charge in [-0.3, -0.25) is 4.99 Å². The molecule has 6 heteroatoms. The summed E-state index contributed by atoms with van der Waals surface area (Å²) in [4.78, 5) is 17.8. The SMILES string of the molecule is COC(=O)C1=NCC2=C(S1)C1=C(C3CCCCC3)C3=CC=C(OC)C3C1=COC2. The number of nitrogens with zero attached hydrogens (tertiary/aromatic N) is 1. The Kier molecular flexibility index (Phi) is 4.90. The monoisotopic (exact) mass is 411 g/mol. The van der Waals surface area contributed by atoms with E-state index in [0.29, 0.717) is 24.1 Å². The summed E-state index contributed by atoms with van der Waals surface area (Å²) in [7, 11) is 3.14. The molecule has 0 N–H and O–H groups in total. The van der Waals surface area contributed by atoms with E-state index in [-0.39, 0.29) is 11.9 Å². The molecule has 0 aromatic carbocycles. The number of carbonyl (C=O) groups is 1. The normalized spacial score (nSPS) is 26.3. The lowest BCUT2D eigenvalue weighted by Gasteiger charge is -2.26. The molecule has 0 radical (unpaired) electrons. The van der Waals surface area contributed by atoms with Gasteiger partial charge in [0.2, 0.25) is 0 Å². The van der Waals surface area contributed by atoms with E-state index in [2.05, 4.69) is 17.1 Å². The van der Waals surface area contributed by atoms with Gasteiger partial charge in [0.05, 0.1) is 32.9 Å². The molecule has 0 aromatic heterocycles. The summed E-state index contributed by atoms with van der Waals surface area (Å²) in [6.07, 6.45) is 12.5. The van der Waals surface area contributed by atoms with Crippen LogP contribution in [-0.2, 0) is 19.0 Å². The number of rotatable bonds is 3. The molecule has 29 heavy (non-hydrogen) atoms. The van der Waals surface area contributed by atoms with E-state index >= 15 is 0 Å². The zero-order valence-electron chi connectivity index (χ0n) is 16.8. The maximum atomic E-state index is 12.2. The first-order chi connectivity index (χ1) is 14.2. The van der Waals surface area contributed by atoms with Gasteiger partial charge < -0.3 is 14.2 Å². The van der Waals surface area contributed by atoms with Gasteiger partial charge in [0.1, 0.15) is 12.4 Å². The third-order valence-electron chi connectivity index (χ3n) is 6.44. The lowest BCUT2D eigenvalue weighted by molar-refractivity contribution is -0.132. The van der Waals surface area contributed by atoms with Gasteiger partial charge in [-0.2, -0.15) is 0 Å². The molecule has 5 aliphatic rings. The van der Waals surface area contributed by atoms with Gasteiger partial charge in [-0.1, -0.05) is 37.1 Å². The van der Waals surface area contributed by atoms with Crippen molar-refractivity contribution in [2.75, 3.05) is 27.4 Å². The van der Waals surface area contributed by atoms with Crippen LogP contribution in [0.3, 0.4) is 0 Å². The third kappa shape index (κ3) is 3.00. The van der Waals surface area contributed by atoms with E-state index in [9.17, 15) is 4.79 Å². The second kappa shape index (κ2) is 7.56. The Morgan fingerprint density at radius 3 is 2.76 bits per heavy atom. The largest absolute Gasteiger partial charge is 0.500 e. The van der Waals surface area contributed by atoms with Crippen molar-refractivity contribution in [2.24, 2.45) is 16.8 Å². The van der Waals surface area contributed by atoms with Gasteiger partial charge in [-0.05, 0) is 41.6 Å². The molecule has 3 aliphatic carbocycles. The van der Waals surface area contributed by atoms with E-state index in [1.54, 1.807) is 7.11 Å². The van der Waals surface area contributed by atoms with E-state index in [4.69, 9.17) is 14.2 Å². The van der Waals surface area contributed by atoms with Crippen molar-refractivity contribution < 1.29 is 19.0 Å². The Morgan fingerprint density at radius 1 is 1.17 bits per heavy atom. The quantitative estimate of drug-likeness (QED) is 0.642. The first-order valence-corrected chi connectivity index (χ1v) is 11.1. The van der Waals surface area contributed by atoms with E-state index in [0.717, 1.165) is 21.8 Å². The average molecular weight is 412 g/mol. The topological polar surface area (TPSA) is 57.1 Å². The second-order valence-corrected chi connectivity index (χ2v) is 8.98. The molecule has 0 spiro atoms. The van der Waals surface area contributed by atoms with Gasteiger partial charge in [0, 0.05) is 16.1 Å². The number of methoxy groups -OCH3 is 2. The van der Waals surface area contributed by atoms with Crippen LogP contribution < -0.4 is 0 Å². The van der Waals surface area contributed by atoms with Gasteiger partial charge in [-0.15, -0.1) is 0 Å². The average Bonchev–Trinajstić information content (AvgIpc) is 3.26.